The lowest BCUT2D eigenvalue weighted by Gasteiger charge is -2.11. The van der Waals surface area contributed by atoms with Crippen LogP contribution < -0.4 is 15.6 Å². The van der Waals surface area contributed by atoms with Gasteiger partial charge in [-0.15, -0.1) is 0 Å². The maximum absolute atomic E-state index is 13.4. The number of nitrogens with one attached hydrogen (secondary N) is 1. The van der Waals surface area contributed by atoms with E-state index in [0.717, 1.165) is 4.68 Å². The van der Waals surface area contributed by atoms with Crippen molar-refractivity contribution in [2.24, 2.45) is 0 Å². The number of benzene rings is 2. The van der Waals surface area contributed by atoms with Crippen LogP contribution in [-0.2, 0) is 11.3 Å². The Labute approximate surface area is 169 Å². The number of halogens is 3. The fraction of sp³-hybridized carbons (Fsp3) is 0.105. The van der Waals surface area contributed by atoms with Gasteiger partial charge in [0.1, 0.15) is 18.1 Å². The summed E-state index contributed by atoms with van der Waals surface area (Å²) in [5.41, 5.74) is 0.732. The summed E-state index contributed by atoms with van der Waals surface area (Å²) in [5.74, 6) is -0.703. The second-order valence-corrected chi connectivity index (χ2v) is 6.58. The van der Waals surface area contributed by atoms with Gasteiger partial charge in [-0.2, -0.15) is 5.10 Å². The van der Waals surface area contributed by atoms with Crippen LogP contribution in [0.25, 0.3) is 11.3 Å². The van der Waals surface area contributed by atoms with Crippen molar-refractivity contribution in [3.05, 3.63) is 74.7 Å². The second-order valence-electron chi connectivity index (χ2n) is 5.73. The fourth-order valence-corrected chi connectivity index (χ4v) is 2.95. The lowest BCUT2D eigenvalue weighted by Crippen LogP contribution is -2.29. The molecule has 0 aliphatic carbocycles. The van der Waals surface area contributed by atoms with Gasteiger partial charge in [0, 0.05) is 22.7 Å². The molecular weight excluding hydrogens is 408 g/mol. The summed E-state index contributed by atoms with van der Waals surface area (Å²) in [6, 6.07) is 11.3. The third kappa shape index (κ3) is 4.49. The molecule has 0 atom stereocenters. The average molecular weight is 422 g/mol. The van der Waals surface area contributed by atoms with Gasteiger partial charge in [-0.25, -0.2) is 9.07 Å². The lowest BCUT2D eigenvalue weighted by molar-refractivity contribution is -0.117. The van der Waals surface area contributed by atoms with Gasteiger partial charge in [-0.3, -0.25) is 9.59 Å². The molecule has 0 aliphatic heterocycles. The Balaban J connectivity index is 1.86. The van der Waals surface area contributed by atoms with Crippen LogP contribution in [0.5, 0.6) is 5.75 Å². The van der Waals surface area contributed by atoms with E-state index in [1.54, 1.807) is 12.1 Å². The number of amides is 1. The summed E-state index contributed by atoms with van der Waals surface area (Å²) in [5, 5.41) is 7.49. The Morgan fingerprint density at radius 3 is 2.68 bits per heavy atom. The molecule has 0 unspecified atom stereocenters. The Morgan fingerprint density at radius 1 is 1.18 bits per heavy atom. The first-order chi connectivity index (χ1) is 13.4. The summed E-state index contributed by atoms with van der Waals surface area (Å²) < 4.78 is 19.6. The van der Waals surface area contributed by atoms with Crippen LogP contribution in [0.15, 0.2) is 53.3 Å². The Morgan fingerprint density at radius 2 is 1.96 bits per heavy atom. The van der Waals surface area contributed by atoms with E-state index in [1.165, 1.54) is 43.5 Å². The van der Waals surface area contributed by atoms with Crippen molar-refractivity contribution in [1.82, 2.24) is 9.78 Å². The van der Waals surface area contributed by atoms with Gasteiger partial charge in [0.25, 0.3) is 5.56 Å². The highest BCUT2D eigenvalue weighted by molar-refractivity contribution is 6.36. The average Bonchev–Trinajstić information content (AvgIpc) is 2.66. The summed E-state index contributed by atoms with van der Waals surface area (Å²) >= 11 is 11.9. The molecule has 0 spiro atoms. The molecule has 1 N–H and O–H groups in total. The van der Waals surface area contributed by atoms with Crippen LogP contribution in [0.4, 0.5) is 10.1 Å². The third-order valence-corrected chi connectivity index (χ3v) is 4.35. The minimum atomic E-state index is -0.498. The Hall–Kier alpha value is -2.90. The quantitative estimate of drug-likeness (QED) is 0.675. The van der Waals surface area contributed by atoms with Crippen molar-refractivity contribution in [2.45, 2.75) is 6.54 Å². The van der Waals surface area contributed by atoms with Gasteiger partial charge in [0.05, 0.1) is 23.5 Å². The summed E-state index contributed by atoms with van der Waals surface area (Å²) in [4.78, 5) is 24.4. The van der Waals surface area contributed by atoms with Crippen LogP contribution in [0, 0.1) is 5.82 Å². The predicted octanol–water partition coefficient (Wildman–Crippen LogP) is 4.00. The van der Waals surface area contributed by atoms with Crippen molar-refractivity contribution >= 4 is 34.8 Å². The normalized spacial score (nSPS) is 10.6. The van der Waals surface area contributed by atoms with E-state index in [9.17, 15) is 14.0 Å². The number of methoxy groups -OCH3 is 1. The van der Waals surface area contributed by atoms with Crippen LogP contribution in [0.3, 0.4) is 0 Å². The molecule has 3 rings (SSSR count). The summed E-state index contributed by atoms with van der Waals surface area (Å²) in [6.07, 6.45) is 0. The molecule has 3 aromatic rings. The fourth-order valence-electron chi connectivity index (χ4n) is 2.50. The van der Waals surface area contributed by atoms with Crippen LogP contribution in [-0.4, -0.2) is 22.8 Å². The number of aromatic nitrogens is 2. The van der Waals surface area contributed by atoms with Gasteiger partial charge in [-0.1, -0.05) is 23.2 Å². The number of rotatable bonds is 5. The van der Waals surface area contributed by atoms with Gasteiger partial charge in [-0.05, 0) is 36.4 Å². The number of carbonyl (C=O) groups excluding carboxylic acids is 1. The van der Waals surface area contributed by atoms with Crippen LogP contribution in [0.1, 0.15) is 0 Å². The Kier molecular flexibility index (Phi) is 5.96. The first kappa shape index (κ1) is 19.9. The van der Waals surface area contributed by atoms with E-state index < -0.39 is 17.3 Å². The first-order valence-corrected chi connectivity index (χ1v) is 8.80. The third-order valence-electron chi connectivity index (χ3n) is 3.80. The molecule has 2 aromatic carbocycles. The molecule has 1 amide bonds. The highest BCUT2D eigenvalue weighted by atomic mass is 35.5. The number of nitrogens with zero attached hydrogens (tertiary/aromatic N) is 2. The van der Waals surface area contributed by atoms with Crippen molar-refractivity contribution in [3.8, 4) is 17.0 Å². The molecule has 0 bridgehead atoms. The van der Waals surface area contributed by atoms with Crippen LogP contribution >= 0.6 is 23.2 Å². The summed E-state index contributed by atoms with van der Waals surface area (Å²) in [6.45, 7) is -0.338. The largest absolute Gasteiger partial charge is 0.496 e. The second kappa shape index (κ2) is 8.41. The van der Waals surface area contributed by atoms with Crippen molar-refractivity contribution in [1.29, 1.82) is 0 Å². The minimum absolute atomic E-state index is 0.259. The van der Waals surface area contributed by atoms with E-state index in [2.05, 4.69) is 10.4 Å². The highest BCUT2D eigenvalue weighted by Crippen LogP contribution is 2.28. The van der Waals surface area contributed by atoms with E-state index >= 15 is 0 Å². The number of hydrogen-bond acceptors (Lipinski definition) is 4. The van der Waals surface area contributed by atoms with Crippen LogP contribution in [0.2, 0.25) is 10.0 Å². The van der Waals surface area contributed by atoms with E-state index in [0.29, 0.717) is 22.0 Å². The van der Waals surface area contributed by atoms with Gasteiger partial charge < -0.3 is 10.1 Å². The molecule has 9 heteroatoms. The molecule has 0 saturated carbocycles. The van der Waals surface area contributed by atoms with Crippen molar-refractivity contribution in [3.63, 3.8) is 0 Å². The molecule has 0 radical (unpaired) electrons. The maximum atomic E-state index is 13.4. The standard InChI is InChI=1S/C19H14Cl2FN3O3/c1-28-17-9-12(22)3-4-13(17)15-6-7-19(27)25(24-15)10-18(26)23-16-5-2-11(20)8-14(16)21/h2-9H,10H2,1H3,(H,23,26). The van der Waals surface area contributed by atoms with E-state index in [1.807, 2.05) is 0 Å². The molecule has 144 valence electrons. The van der Waals surface area contributed by atoms with Gasteiger partial charge in [0.2, 0.25) is 5.91 Å². The molecule has 6 nitrogen and oxygen atoms in total. The zero-order valence-corrected chi connectivity index (χ0v) is 16.1. The predicted molar refractivity (Wildman–Crippen MR) is 106 cm³/mol. The number of ether oxygens (including phenoxy) is 1. The molecule has 28 heavy (non-hydrogen) atoms. The monoisotopic (exact) mass is 421 g/mol. The number of hydrogen-bond donors (Lipinski definition) is 1. The highest BCUT2D eigenvalue weighted by Gasteiger charge is 2.13. The zero-order valence-electron chi connectivity index (χ0n) is 14.6. The van der Waals surface area contributed by atoms with E-state index in [-0.39, 0.29) is 17.3 Å². The van der Waals surface area contributed by atoms with Gasteiger partial charge >= 0.3 is 0 Å². The molecule has 1 heterocycles. The molecule has 0 saturated heterocycles. The van der Waals surface area contributed by atoms with Gasteiger partial charge in [0.15, 0.2) is 0 Å². The Bertz CT molecular complexity index is 1100. The zero-order chi connectivity index (χ0) is 20.3. The smallest absolute Gasteiger partial charge is 0.267 e. The lowest BCUT2D eigenvalue weighted by atomic mass is 10.1. The van der Waals surface area contributed by atoms with E-state index in [4.69, 9.17) is 27.9 Å². The maximum Gasteiger partial charge on any atom is 0.267 e. The topological polar surface area (TPSA) is 73.2 Å². The molecular formula is C19H14Cl2FN3O3. The van der Waals surface area contributed by atoms with Crippen molar-refractivity contribution < 1.29 is 13.9 Å². The number of carbonyl (C=O) groups is 1. The van der Waals surface area contributed by atoms with Crippen molar-refractivity contribution in [2.75, 3.05) is 12.4 Å². The molecule has 1 aromatic heterocycles. The number of anilines is 1. The molecule has 0 fully saturated rings. The SMILES string of the molecule is COc1cc(F)ccc1-c1ccc(=O)n(CC(=O)Nc2ccc(Cl)cc2Cl)n1. The minimum Gasteiger partial charge on any atom is -0.496 e. The molecule has 0 aliphatic rings. The summed E-state index contributed by atoms with van der Waals surface area (Å²) in [7, 11) is 1.40. The first-order valence-electron chi connectivity index (χ1n) is 8.04.